The van der Waals surface area contributed by atoms with Crippen molar-refractivity contribution >= 4 is 15.9 Å². The van der Waals surface area contributed by atoms with Crippen LogP contribution in [0, 0.1) is 18.8 Å². The van der Waals surface area contributed by atoms with E-state index in [-0.39, 0.29) is 0 Å². The predicted molar refractivity (Wildman–Crippen MR) is 92.6 cm³/mol. The minimum atomic E-state index is 0.671. The van der Waals surface area contributed by atoms with E-state index < -0.39 is 0 Å². The first-order valence-corrected chi connectivity index (χ1v) is 9.35. The molecule has 1 saturated carbocycles. The van der Waals surface area contributed by atoms with Crippen LogP contribution in [-0.4, -0.2) is 22.4 Å². The van der Waals surface area contributed by atoms with Crippen LogP contribution >= 0.6 is 15.9 Å². The van der Waals surface area contributed by atoms with Crippen molar-refractivity contribution in [3.63, 3.8) is 0 Å². The number of halogens is 1. The fraction of sp³-hybridized carbons (Fsp3) is 0.824. The molecule has 0 spiro atoms. The summed E-state index contributed by atoms with van der Waals surface area (Å²) in [5.74, 6) is 1.64. The molecule has 2 rings (SSSR count). The molecule has 1 N–H and O–H groups in total. The number of aromatic nitrogens is 2. The van der Waals surface area contributed by atoms with E-state index >= 15 is 0 Å². The topological polar surface area (TPSA) is 29.9 Å². The van der Waals surface area contributed by atoms with Gasteiger partial charge in [0.2, 0.25) is 0 Å². The monoisotopic (exact) mass is 355 g/mol. The lowest BCUT2D eigenvalue weighted by Gasteiger charge is -2.36. The van der Waals surface area contributed by atoms with Gasteiger partial charge in [-0.2, -0.15) is 5.10 Å². The van der Waals surface area contributed by atoms with Gasteiger partial charge in [-0.15, -0.1) is 0 Å². The molecule has 1 aliphatic rings. The molecule has 0 aliphatic heterocycles. The quantitative estimate of drug-likeness (QED) is 0.823. The van der Waals surface area contributed by atoms with Crippen LogP contribution in [0.25, 0.3) is 0 Å². The Kier molecular flexibility index (Phi) is 6.30. The largest absolute Gasteiger partial charge is 0.314 e. The normalized spacial score (nSPS) is 26.2. The molecule has 1 aromatic heterocycles. The smallest absolute Gasteiger partial charge is 0.0738 e. The van der Waals surface area contributed by atoms with Gasteiger partial charge in [0.25, 0.3) is 0 Å². The van der Waals surface area contributed by atoms with E-state index in [1.807, 2.05) is 0 Å². The van der Waals surface area contributed by atoms with Gasteiger partial charge in [-0.05, 0) is 73.8 Å². The van der Waals surface area contributed by atoms with E-state index in [4.69, 9.17) is 0 Å². The second-order valence-corrected chi connectivity index (χ2v) is 7.17. The lowest BCUT2D eigenvalue weighted by atomic mass is 9.75. The molecule has 3 unspecified atom stereocenters. The first-order valence-electron chi connectivity index (χ1n) is 8.55. The Labute approximate surface area is 138 Å². The molecule has 0 bridgehead atoms. The fourth-order valence-electron chi connectivity index (χ4n) is 3.80. The molecule has 21 heavy (non-hydrogen) atoms. The van der Waals surface area contributed by atoms with Gasteiger partial charge in [0.15, 0.2) is 0 Å². The van der Waals surface area contributed by atoms with Crippen LogP contribution in [0.15, 0.2) is 4.47 Å². The van der Waals surface area contributed by atoms with Gasteiger partial charge in [-0.3, -0.25) is 4.68 Å². The van der Waals surface area contributed by atoms with Crippen LogP contribution in [-0.2, 0) is 13.0 Å². The summed E-state index contributed by atoms with van der Waals surface area (Å²) in [5, 5.41) is 8.37. The Morgan fingerprint density at radius 3 is 2.67 bits per heavy atom. The molecular weight excluding hydrogens is 326 g/mol. The van der Waals surface area contributed by atoms with Gasteiger partial charge in [-0.1, -0.05) is 20.3 Å². The average molecular weight is 356 g/mol. The summed E-state index contributed by atoms with van der Waals surface area (Å²) in [6.45, 7) is 10.9. The summed E-state index contributed by atoms with van der Waals surface area (Å²) >= 11 is 3.76. The number of hydrogen-bond donors (Lipinski definition) is 1. The molecule has 3 nitrogen and oxygen atoms in total. The number of aryl methyl sites for hydroxylation is 2. The van der Waals surface area contributed by atoms with E-state index in [1.165, 1.54) is 35.8 Å². The van der Waals surface area contributed by atoms with Gasteiger partial charge in [0, 0.05) is 12.6 Å². The van der Waals surface area contributed by atoms with Gasteiger partial charge in [0.1, 0.15) is 0 Å². The maximum Gasteiger partial charge on any atom is 0.0738 e. The molecule has 0 amide bonds. The van der Waals surface area contributed by atoms with E-state index in [1.54, 1.807) is 0 Å². The minimum absolute atomic E-state index is 0.671. The minimum Gasteiger partial charge on any atom is -0.314 e. The lowest BCUT2D eigenvalue weighted by molar-refractivity contribution is 0.197. The summed E-state index contributed by atoms with van der Waals surface area (Å²) < 4.78 is 3.40. The van der Waals surface area contributed by atoms with E-state index in [2.05, 4.69) is 58.7 Å². The highest BCUT2D eigenvalue weighted by Gasteiger charge is 2.30. The molecule has 4 heteroatoms. The fourth-order valence-corrected chi connectivity index (χ4v) is 4.25. The molecular formula is C17H30BrN3. The van der Waals surface area contributed by atoms with Crippen molar-refractivity contribution in [2.75, 3.05) is 6.54 Å². The van der Waals surface area contributed by atoms with Crippen LogP contribution in [0.2, 0.25) is 0 Å². The molecule has 0 aromatic carbocycles. The molecule has 1 fully saturated rings. The SMILES string of the molecule is CCNC1CCC(CC)CC1Cc1c(Br)c(C)nn1CC. The summed E-state index contributed by atoms with van der Waals surface area (Å²) in [5.41, 5.74) is 2.51. The number of nitrogens with one attached hydrogen (secondary N) is 1. The Balaban J connectivity index is 2.17. The number of rotatable bonds is 6. The number of hydrogen-bond acceptors (Lipinski definition) is 2. The van der Waals surface area contributed by atoms with Crippen LogP contribution in [0.1, 0.15) is 57.8 Å². The molecule has 1 aromatic rings. The number of nitrogens with zero attached hydrogens (tertiary/aromatic N) is 2. The zero-order valence-corrected chi connectivity index (χ0v) is 15.5. The molecule has 120 valence electrons. The highest BCUT2D eigenvalue weighted by Crippen LogP contribution is 2.35. The second-order valence-electron chi connectivity index (χ2n) is 6.38. The first kappa shape index (κ1) is 17.0. The summed E-state index contributed by atoms with van der Waals surface area (Å²) in [4.78, 5) is 0. The van der Waals surface area contributed by atoms with Gasteiger partial charge < -0.3 is 5.32 Å². The summed E-state index contributed by atoms with van der Waals surface area (Å²) in [7, 11) is 0. The Hall–Kier alpha value is -0.350. The van der Waals surface area contributed by atoms with Crippen molar-refractivity contribution in [1.29, 1.82) is 0 Å². The maximum absolute atomic E-state index is 4.65. The Morgan fingerprint density at radius 1 is 1.29 bits per heavy atom. The van der Waals surface area contributed by atoms with Crippen molar-refractivity contribution in [2.24, 2.45) is 11.8 Å². The van der Waals surface area contributed by atoms with Crippen molar-refractivity contribution in [1.82, 2.24) is 15.1 Å². The standard InChI is InChI=1S/C17H30BrN3/c1-5-13-8-9-15(19-6-2)14(10-13)11-16-17(18)12(4)20-21(16)7-3/h13-15,19H,5-11H2,1-4H3. The Bertz CT molecular complexity index is 455. The second kappa shape index (κ2) is 7.77. The highest BCUT2D eigenvalue weighted by atomic mass is 79.9. The van der Waals surface area contributed by atoms with Crippen molar-refractivity contribution < 1.29 is 0 Å². The summed E-state index contributed by atoms with van der Waals surface area (Å²) in [6.07, 6.45) is 6.53. The molecule has 0 radical (unpaired) electrons. The van der Waals surface area contributed by atoms with Crippen LogP contribution in [0.4, 0.5) is 0 Å². The lowest BCUT2D eigenvalue weighted by Crippen LogP contribution is -2.41. The van der Waals surface area contributed by atoms with Crippen molar-refractivity contribution in [3.8, 4) is 0 Å². The van der Waals surface area contributed by atoms with Crippen LogP contribution < -0.4 is 5.32 Å². The molecule has 1 heterocycles. The van der Waals surface area contributed by atoms with Gasteiger partial charge in [0.05, 0.1) is 15.9 Å². The summed E-state index contributed by atoms with van der Waals surface area (Å²) in [6, 6.07) is 0.671. The third-order valence-electron chi connectivity index (χ3n) is 5.04. The zero-order valence-electron chi connectivity index (χ0n) is 14.0. The predicted octanol–water partition coefficient (Wildman–Crippen LogP) is 4.32. The van der Waals surface area contributed by atoms with Gasteiger partial charge >= 0.3 is 0 Å². The van der Waals surface area contributed by atoms with E-state index in [0.717, 1.165) is 37.0 Å². The van der Waals surface area contributed by atoms with Crippen LogP contribution in [0.5, 0.6) is 0 Å². The van der Waals surface area contributed by atoms with E-state index in [0.29, 0.717) is 6.04 Å². The van der Waals surface area contributed by atoms with Gasteiger partial charge in [-0.25, -0.2) is 0 Å². The van der Waals surface area contributed by atoms with Crippen LogP contribution in [0.3, 0.4) is 0 Å². The molecule has 0 saturated heterocycles. The third kappa shape index (κ3) is 3.89. The first-order chi connectivity index (χ1) is 10.1. The zero-order chi connectivity index (χ0) is 15.4. The highest BCUT2D eigenvalue weighted by molar-refractivity contribution is 9.10. The molecule has 1 aliphatic carbocycles. The Morgan fingerprint density at radius 2 is 2.05 bits per heavy atom. The third-order valence-corrected chi connectivity index (χ3v) is 6.07. The van der Waals surface area contributed by atoms with Crippen molar-refractivity contribution in [3.05, 3.63) is 15.9 Å². The maximum atomic E-state index is 4.65. The average Bonchev–Trinajstić information content (AvgIpc) is 2.76. The molecule has 3 atom stereocenters. The van der Waals surface area contributed by atoms with E-state index in [9.17, 15) is 0 Å². The van der Waals surface area contributed by atoms with Crippen molar-refractivity contribution in [2.45, 2.75) is 72.4 Å².